The lowest BCUT2D eigenvalue weighted by atomic mass is 9.99. The Hall–Kier alpha value is -2.69. The molecule has 0 spiro atoms. The summed E-state index contributed by atoms with van der Waals surface area (Å²) in [5.74, 6) is -0.994. The summed E-state index contributed by atoms with van der Waals surface area (Å²) in [6.07, 6.45) is 0.269. The van der Waals surface area contributed by atoms with E-state index < -0.39 is 15.9 Å². The Morgan fingerprint density at radius 1 is 1.16 bits per heavy atom. The van der Waals surface area contributed by atoms with Crippen LogP contribution in [0.3, 0.4) is 0 Å². The number of benzene rings is 1. The number of carbonyl (C=O) groups excluding carboxylic acids is 2. The normalized spacial score (nSPS) is 11.4. The topological polar surface area (TPSA) is 118 Å². The first-order valence-corrected chi connectivity index (χ1v) is 12.4. The molecule has 0 bridgehead atoms. The molecule has 0 saturated heterocycles. The van der Waals surface area contributed by atoms with Crippen molar-refractivity contribution >= 4 is 56.2 Å². The molecule has 0 atom stereocenters. The average Bonchev–Trinajstić information content (AvgIpc) is 3.26. The molecule has 32 heavy (non-hydrogen) atoms. The van der Waals surface area contributed by atoms with Gasteiger partial charge in [0.2, 0.25) is 0 Å². The highest BCUT2D eigenvalue weighted by molar-refractivity contribution is 7.93. The van der Waals surface area contributed by atoms with Crippen molar-refractivity contribution in [1.29, 1.82) is 0 Å². The van der Waals surface area contributed by atoms with Crippen molar-refractivity contribution in [3.05, 3.63) is 55.4 Å². The van der Waals surface area contributed by atoms with Crippen LogP contribution in [0.2, 0.25) is 5.02 Å². The van der Waals surface area contributed by atoms with Crippen molar-refractivity contribution in [1.82, 2.24) is 5.16 Å². The predicted octanol–water partition coefficient (Wildman–Crippen LogP) is 5.27. The summed E-state index contributed by atoms with van der Waals surface area (Å²) >= 11 is 7.01. The number of amides is 1. The molecule has 0 aliphatic rings. The summed E-state index contributed by atoms with van der Waals surface area (Å²) in [6, 6.07) is 3.55. The molecule has 0 aliphatic carbocycles. The molecule has 0 saturated carbocycles. The summed E-state index contributed by atoms with van der Waals surface area (Å²) in [7, 11) is -4.21. The van der Waals surface area contributed by atoms with Crippen LogP contribution >= 0.6 is 22.9 Å². The minimum absolute atomic E-state index is 0.0303. The lowest BCUT2D eigenvalue weighted by Crippen LogP contribution is -2.20. The Bertz CT molecular complexity index is 1330. The number of thiophene rings is 1. The van der Waals surface area contributed by atoms with Crippen LogP contribution in [-0.2, 0) is 10.0 Å². The molecule has 3 rings (SSSR count). The highest BCUT2D eigenvalue weighted by atomic mass is 35.5. The van der Waals surface area contributed by atoms with Crippen LogP contribution < -0.4 is 10.0 Å². The van der Waals surface area contributed by atoms with Crippen LogP contribution in [0.5, 0.6) is 0 Å². The average molecular weight is 496 g/mol. The first-order valence-electron chi connectivity index (χ1n) is 9.64. The van der Waals surface area contributed by atoms with E-state index in [2.05, 4.69) is 15.2 Å². The zero-order valence-corrected chi connectivity index (χ0v) is 20.5. The number of aromatic nitrogens is 1. The van der Waals surface area contributed by atoms with Crippen LogP contribution in [0.4, 0.5) is 11.6 Å². The van der Waals surface area contributed by atoms with E-state index in [9.17, 15) is 18.0 Å². The third kappa shape index (κ3) is 4.57. The molecule has 11 heteroatoms. The van der Waals surface area contributed by atoms with Crippen LogP contribution in [-0.4, -0.2) is 25.3 Å². The molecule has 2 N–H and O–H groups in total. The summed E-state index contributed by atoms with van der Waals surface area (Å²) < 4.78 is 33.3. The highest BCUT2D eigenvalue weighted by Crippen LogP contribution is 2.33. The molecule has 8 nitrogen and oxygen atoms in total. The molecule has 2 aromatic heterocycles. The number of rotatable bonds is 7. The number of Topliss-reactive ketones (excluding diaryl/α,β-unsaturated/α-hetero) is 1. The van der Waals surface area contributed by atoms with Gasteiger partial charge >= 0.3 is 0 Å². The SMILES string of the molecule is CCC(=O)c1cc(C)cc(C)c1NC(=O)c1scc(C)c1S(=O)(=O)Nc1onc(C)c1Cl. The van der Waals surface area contributed by atoms with Gasteiger partial charge in [-0.05, 0) is 55.8 Å². The number of anilines is 2. The van der Waals surface area contributed by atoms with Gasteiger partial charge in [-0.3, -0.25) is 9.59 Å². The van der Waals surface area contributed by atoms with Gasteiger partial charge in [-0.2, -0.15) is 0 Å². The number of sulfonamides is 1. The zero-order valence-electron chi connectivity index (χ0n) is 18.1. The Labute approximate surface area is 195 Å². The van der Waals surface area contributed by atoms with Crippen molar-refractivity contribution in [2.45, 2.75) is 45.9 Å². The Balaban J connectivity index is 2.01. The van der Waals surface area contributed by atoms with Gasteiger partial charge in [0, 0.05) is 12.0 Å². The predicted molar refractivity (Wildman–Crippen MR) is 125 cm³/mol. The van der Waals surface area contributed by atoms with Crippen molar-refractivity contribution < 1.29 is 22.5 Å². The third-order valence-electron chi connectivity index (χ3n) is 4.75. The van der Waals surface area contributed by atoms with E-state index in [0.717, 1.165) is 16.9 Å². The van der Waals surface area contributed by atoms with Crippen molar-refractivity contribution in [3.8, 4) is 0 Å². The Kier molecular flexibility index (Phi) is 6.77. The lowest BCUT2D eigenvalue weighted by molar-refractivity contribution is 0.0989. The fourth-order valence-electron chi connectivity index (χ4n) is 3.23. The molecule has 0 fully saturated rings. The van der Waals surface area contributed by atoms with Gasteiger partial charge < -0.3 is 9.84 Å². The van der Waals surface area contributed by atoms with Gasteiger partial charge in [0.05, 0.1) is 5.69 Å². The fourth-order valence-corrected chi connectivity index (χ4v) is 6.10. The lowest BCUT2D eigenvalue weighted by Gasteiger charge is -2.15. The summed E-state index contributed by atoms with van der Waals surface area (Å²) in [4.78, 5) is 25.4. The van der Waals surface area contributed by atoms with Gasteiger partial charge in [0.15, 0.2) is 5.78 Å². The van der Waals surface area contributed by atoms with E-state index in [-0.39, 0.29) is 32.9 Å². The number of hydrogen-bond donors (Lipinski definition) is 2. The number of ketones is 1. The van der Waals surface area contributed by atoms with E-state index >= 15 is 0 Å². The van der Waals surface area contributed by atoms with Crippen LogP contribution in [0.1, 0.15) is 55.8 Å². The summed E-state index contributed by atoms with van der Waals surface area (Å²) in [5, 5.41) is 7.96. The molecule has 0 unspecified atom stereocenters. The van der Waals surface area contributed by atoms with Crippen LogP contribution in [0.15, 0.2) is 26.9 Å². The van der Waals surface area contributed by atoms with E-state index in [4.69, 9.17) is 16.1 Å². The largest absolute Gasteiger partial charge is 0.336 e. The number of carbonyl (C=O) groups is 2. The molecular weight excluding hydrogens is 474 g/mol. The minimum atomic E-state index is -4.21. The quantitative estimate of drug-likeness (QED) is 0.431. The van der Waals surface area contributed by atoms with Gasteiger partial charge in [-0.25, -0.2) is 13.1 Å². The highest BCUT2D eigenvalue weighted by Gasteiger charge is 2.30. The monoisotopic (exact) mass is 495 g/mol. The number of nitrogens with zero attached hydrogens (tertiary/aromatic N) is 1. The molecular formula is C21H22ClN3O5S2. The van der Waals surface area contributed by atoms with E-state index in [1.807, 2.05) is 13.0 Å². The minimum Gasteiger partial charge on any atom is -0.336 e. The Morgan fingerprint density at radius 2 is 1.84 bits per heavy atom. The van der Waals surface area contributed by atoms with Crippen molar-refractivity contribution in [2.75, 3.05) is 10.0 Å². The van der Waals surface area contributed by atoms with E-state index in [0.29, 0.717) is 28.1 Å². The zero-order chi connectivity index (χ0) is 23.8. The smallest absolute Gasteiger partial charge is 0.267 e. The van der Waals surface area contributed by atoms with Gasteiger partial charge in [-0.15, -0.1) is 11.3 Å². The second kappa shape index (κ2) is 9.05. The summed E-state index contributed by atoms with van der Waals surface area (Å²) in [6.45, 7) is 8.53. The third-order valence-corrected chi connectivity index (χ3v) is 7.94. The second-order valence-corrected chi connectivity index (χ2v) is 10.2. The standard InChI is InChI=1S/C21H22ClN3O5S2/c1-6-15(26)14-8-10(2)7-11(3)17(14)23-20(27)18-19(12(4)9-31-18)32(28,29)25-21-16(22)13(5)24-30-21/h7-9,25H,6H2,1-5H3,(H,23,27). The molecule has 2 heterocycles. The maximum absolute atomic E-state index is 13.2. The maximum atomic E-state index is 13.2. The molecule has 1 aromatic carbocycles. The van der Waals surface area contributed by atoms with Gasteiger partial charge in [-0.1, -0.05) is 29.7 Å². The molecule has 0 radical (unpaired) electrons. The second-order valence-electron chi connectivity index (χ2n) is 7.33. The van der Waals surface area contributed by atoms with Gasteiger partial charge in [0.1, 0.15) is 20.5 Å². The molecule has 3 aromatic rings. The molecule has 1 amide bonds. The number of aryl methyl sites for hydroxylation is 4. The summed E-state index contributed by atoms with van der Waals surface area (Å²) in [5.41, 5.74) is 3.05. The van der Waals surface area contributed by atoms with E-state index in [1.54, 1.807) is 39.1 Å². The Morgan fingerprint density at radius 3 is 2.44 bits per heavy atom. The number of hydrogen-bond acceptors (Lipinski definition) is 7. The first-order chi connectivity index (χ1) is 15.0. The molecule has 170 valence electrons. The van der Waals surface area contributed by atoms with Gasteiger partial charge in [0.25, 0.3) is 21.8 Å². The van der Waals surface area contributed by atoms with Crippen LogP contribution in [0.25, 0.3) is 0 Å². The van der Waals surface area contributed by atoms with E-state index in [1.165, 1.54) is 0 Å². The fraction of sp³-hybridized carbons (Fsp3) is 0.286. The van der Waals surface area contributed by atoms with Crippen molar-refractivity contribution in [2.24, 2.45) is 0 Å². The molecule has 0 aliphatic heterocycles. The van der Waals surface area contributed by atoms with Crippen LogP contribution in [0, 0.1) is 27.7 Å². The van der Waals surface area contributed by atoms with Crippen molar-refractivity contribution in [3.63, 3.8) is 0 Å². The first kappa shape index (κ1) is 24.0. The maximum Gasteiger partial charge on any atom is 0.267 e. The number of nitrogens with one attached hydrogen (secondary N) is 2. The number of halogens is 1.